The van der Waals surface area contributed by atoms with Gasteiger partial charge < -0.3 is 13.9 Å². The SMILES string of the molecule is CC1(C)OC(=O)C(=C/C=C/c2ccco2)C(=O)O1. The van der Waals surface area contributed by atoms with E-state index in [0.29, 0.717) is 5.76 Å². The molecule has 0 aromatic carbocycles. The minimum Gasteiger partial charge on any atom is -0.465 e. The molecule has 0 radical (unpaired) electrons. The lowest BCUT2D eigenvalue weighted by Gasteiger charge is -2.29. The average molecular weight is 248 g/mol. The molecule has 5 nitrogen and oxygen atoms in total. The Hall–Kier alpha value is -2.30. The molecule has 0 bridgehead atoms. The maximum atomic E-state index is 11.6. The van der Waals surface area contributed by atoms with Crippen LogP contribution in [0, 0.1) is 0 Å². The van der Waals surface area contributed by atoms with E-state index in [2.05, 4.69) is 0 Å². The van der Waals surface area contributed by atoms with Crippen LogP contribution in [-0.4, -0.2) is 17.7 Å². The molecule has 1 aromatic rings. The summed E-state index contributed by atoms with van der Waals surface area (Å²) in [6.45, 7) is 3.00. The maximum Gasteiger partial charge on any atom is 0.348 e. The Morgan fingerprint density at radius 3 is 2.39 bits per heavy atom. The summed E-state index contributed by atoms with van der Waals surface area (Å²) in [5.74, 6) is -1.98. The third kappa shape index (κ3) is 2.68. The van der Waals surface area contributed by atoms with Crippen LogP contribution >= 0.6 is 0 Å². The first-order valence-electron chi connectivity index (χ1n) is 5.36. The van der Waals surface area contributed by atoms with Gasteiger partial charge in [0.05, 0.1) is 6.26 Å². The highest BCUT2D eigenvalue weighted by atomic mass is 16.7. The molecule has 1 fully saturated rings. The van der Waals surface area contributed by atoms with Gasteiger partial charge in [-0.1, -0.05) is 6.08 Å². The highest BCUT2D eigenvalue weighted by molar-refractivity contribution is 6.15. The largest absolute Gasteiger partial charge is 0.465 e. The van der Waals surface area contributed by atoms with Crippen LogP contribution < -0.4 is 0 Å². The van der Waals surface area contributed by atoms with Crippen LogP contribution in [0.5, 0.6) is 0 Å². The molecule has 0 aliphatic carbocycles. The number of furan rings is 1. The van der Waals surface area contributed by atoms with Crippen molar-refractivity contribution in [2.75, 3.05) is 0 Å². The predicted octanol–water partition coefficient (Wildman–Crippen LogP) is 2.06. The zero-order valence-electron chi connectivity index (χ0n) is 10.0. The first-order valence-corrected chi connectivity index (χ1v) is 5.36. The van der Waals surface area contributed by atoms with Crippen LogP contribution in [-0.2, 0) is 19.1 Å². The molecule has 0 amide bonds. The van der Waals surface area contributed by atoms with Crippen molar-refractivity contribution in [3.8, 4) is 0 Å². The maximum absolute atomic E-state index is 11.6. The van der Waals surface area contributed by atoms with Crippen LogP contribution in [0.2, 0.25) is 0 Å². The molecule has 1 aliphatic heterocycles. The number of allylic oxidation sites excluding steroid dienone is 2. The summed E-state index contributed by atoms with van der Waals surface area (Å²) < 4.78 is 14.9. The van der Waals surface area contributed by atoms with E-state index in [9.17, 15) is 9.59 Å². The van der Waals surface area contributed by atoms with Crippen LogP contribution in [0.1, 0.15) is 19.6 Å². The number of esters is 2. The first kappa shape index (κ1) is 12.2. The van der Waals surface area contributed by atoms with Gasteiger partial charge in [-0.25, -0.2) is 9.59 Å². The van der Waals surface area contributed by atoms with E-state index in [0.717, 1.165) is 0 Å². The zero-order valence-corrected chi connectivity index (χ0v) is 10.0. The number of ether oxygens (including phenoxy) is 2. The van der Waals surface area contributed by atoms with E-state index in [1.807, 2.05) is 0 Å². The number of rotatable bonds is 2. The Morgan fingerprint density at radius 1 is 1.17 bits per heavy atom. The van der Waals surface area contributed by atoms with Crippen molar-refractivity contribution in [1.29, 1.82) is 0 Å². The van der Waals surface area contributed by atoms with Crippen molar-refractivity contribution in [3.63, 3.8) is 0 Å². The Kier molecular flexibility index (Phi) is 3.06. The van der Waals surface area contributed by atoms with Crippen molar-refractivity contribution in [2.24, 2.45) is 0 Å². The molecule has 94 valence electrons. The van der Waals surface area contributed by atoms with Crippen molar-refractivity contribution in [2.45, 2.75) is 19.6 Å². The van der Waals surface area contributed by atoms with Crippen molar-refractivity contribution in [1.82, 2.24) is 0 Å². The fraction of sp³-hybridized carbons (Fsp3) is 0.231. The van der Waals surface area contributed by atoms with E-state index in [-0.39, 0.29) is 5.57 Å². The quantitative estimate of drug-likeness (QED) is 0.455. The van der Waals surface area contributed by atoms with Gasteiger partial charge >= 0.3 is 11.9 Å². The molecular formula is C13H12O5. The number of hydrogen-bond donors (Lipinski definition) is 0. The number of hydrogen-bond acceptors (Lipinski definition) is 5. The van der Waals surface area contributed by atoms with E-state index >= 15 is 0 Å². The van der Waals surface area contributed by atoms with Gasteiger partial charge in [-0.15, -0.1) is 0 Å². The summed E-state index contributed by atoms with van der Waals surface area (Å²) in [6, 6.07) is 3.48. The molecule has 0 atom stereocenters. The lowest BCUT2D eigenvalue weighted by Crippen LogP contribution is -2.41. The van der Waals surface area contributed by atoms with Crippen molar-refractivity contribution >= 4 is 18.0 Å². The fourth-order valence-corrected chi connectivity index (χ4v) is 1.42. The van der Waals surface area contributed by atoms with E-state index in [4.69, 9.17) is 13.9 Å². The highest BCUT2D eigenvalue weighted by Crippen LogP contribution is 2.22. The van der Waals surface area contributed by atoms with Gasteiger partial charge in [0.25, 0.3) is 5.79 Å². The topological polar surface area (TPSA) is 65.7 Å². The second kappa shape index (κ2) is 4.52. The van der Waals surface area contributed by atoms with Crippen LogP contribution in [0.3, 0.4) is 0 Å². The van der Waals surface area contributed by atoms with E-state index < -0.39 is 17.7 Å². The number of cyclic esters (lactones) is 2. The van der Waals surface area contributed by atoms with Gasteiger partial charge in [-0.05, 0) is 24.3 Å². The Labute approximate surface area is 104 Å². The Bertz CT molecular complexity index is 498. The molecule has 0 spiro atoms. The molecule has 2 heterocycles. The van der Waals surface area contributed by atoms with Crippen molar-refractivity contribution < 1.29 is 23.5 Å². The third-order valence-electron chi connectivity index (χ3n) is 2.18. The first-order chi connectivity index (χ1) is 8.48. The molecule has 1 aliphatic rings. The number of carbonyl (C=O) groups is 2. The van der Waals surface area contributed by atoms with Gasteiger partial charge in [0.15, 0.2) is 0 Å². The smallest absolute Gasteiger partial charge is 0.348 e. The van der Waals surface area contributed by atoms with Gasteiger partial charge in [-0.2, -0.15) is 0 Å². The average Bonchev–Trinajstić information content (AvgIpc) is 2.73. The molecule has 1 aromatic heterocycles. The van der Waals surface area contributed by atoms with Gasteiger partial charge in [0.2, 0.25) is 0 Å². The van der Waals surface area contributed by atoms with Gasteiger partial charge in [-0.3, -0.25) is 0 Å². The molecule has 0 unspecified atom stereocenters. The standard InChI is InChI=1S/C13H12O5/c1-13(2)17-11(14)10(12(15)18-13)7-3-5-9-6-4-8-16-9/h3-8H,1-2H3/b5-3+. The van der Waals surface area contributed by atoms with E-state index in [1.165, 1.54) is 32.3 Å². The van der Waals surface area contributed by atoms with E-state index in [1.54, 1.807) is 18.2 Å². The van der Waals surface area contributed by atoms with Crippen LogP contribution in [0.25, 0.3) is 6.08 Å². The second-order valence-corrected chi connectivity index (χ2v) is 4.13. The lowest BCUT2D eigenvalue weighted by molar-refractivity contribution is -0.222. The van der Waals surface area contributed by atoms with Crippen LogP contribution in [0.4, 0.5) is 0 Å². The Morgan fingerprint density at radius 2 is 1.83 bits per heavy atom. The normalized spacial score (nSPS) is 18.7. The van der Waals surface area contributed by atoms with Gasteiger partial charge in [0, 0.05) is 13.8 Å². The summed E-state index contributed by atoms with van der Waals surface area (Å²) in [6.07, 6.45) is 6.00. The molecule has 18 heavy (non-hydrogen) atoms. The highest BCUT2D eigenvalue weighted by Gasteiger charge is 2.38. The van der Waals surface area contributed by atoms with Crippen molar-refractivity contribution in [3.05, 3.63) is 41.9 Å². The minimum absolute atomic E-state index is 0.142. The minimum atomic E-state index is -1.21. The molecule has 2 rings (SSSR count). The summed E-state index contributed by atoms with van der Waals surface area (Å²) in [4.78, 5) is 23.1. The molecule has 0 saturated carbocycles. The molecule has 5 heteroatoms. The summed E-state index contributed by atoms with van der Waals surface area (Å²) in [5.41, 5.74) is -0.142. The van der Waals surface area contributed by atoms with Gasteiger partial charge in [0.1, 0.15) is 11.3 Å². The molecular weight excluding hydrogens is 236 g/mol. The van der Waals surface area contributed by atoms with Crippen LogP contribution in [0.15, 0.2) is 40.5 Å². The zero-order chi connectivity index (χ0) is 13.2. The summed E-state index contributed by atoms with van der Waals surface area (Å²) >= 11 is 0. The lowest BCUT2D eigenvalue weighted by atomic mass is 10.2. The fourth-order valence-electron chi connectivity index (χ4n) is 1.42. The second-order valence-electron chi connectivity index (χ2n) is 4.13. The predicted molar refractivity (Wildman–Crippen MR) is 62.1 cm³/mol. The summed E-state index contributed by atoms with van der Waals surface area (Å²) in [7, 11) is 0. The third-order valence-corrected chi connectivity index (χ3v) is 2.18. The monoisotopic (exact) mass is 248 g/mol. The Balaban J connectivity index is 2.13. The molecule has 1 saturated heterocycles. The number of carbonyl (C=O) groups excluding carboxylic acids is 2. The summed E-state index contributed by atoms with van der Waals surface area (Å²) in [5, 5.41) is 0. The molecule has 0 N–H and O–H groups in total.